The Hall–Kier alpha value is -1.39. The first-order valence-corrected chi connectivity index (χ1v) is 8.08. The number of nitrogens with zero attached hydrogens (tertiary/aromatic N) is 2. The Morgan fingerprint density at radius 1 is 1.14 bits per heavy atom. The van der Waals surface area contributed by atoms with Gasteiger partial charge in [0.15, 0.2) is 0 Å². The topological polar surface area (TPSA) is 49.6 Å². The monoisotopic (exact) mass is 287 g/mol. The van der Waals surface area contributed by atoms with Crippen LogP contribution in [0.4, 0.5) is 5.69 Å². The van der Waals surface area contributed by atoms with E-state index in [1.807, 2.05) is 11.0 Å². The molecule has 3 rings (SSSR count). The molecule has 1 amide bonds. The van der Waals surface area contributed by atoms with E-state index >= 15 is 0 Å². The molecule has 0 saturated carbocycles. The lowest BCUT2D eigenvalue weighted by atomic mass is 10.1. The molecule has 2 saturated heterocycles. The second-order valence-corrected chi connectivity index (χ2v) is 6.28. The Labute approximate surface area is 126 Å². The molecule has 21 heavy (non-hydrogen) atoms. The van der Waals surface area contributed by atoms with Gasteiger partial charge in [0, 0.05) is 25.2 Å². The van der Waals surface area contributed by atoms with Crippen LogP contribution >= 0.6 is 0 Å². The van der Waals surface area contributed by atoms with Crippen molar-refractivity contribution >= 4 is 11.6 Å². The molecule has 2 heterocycles. The van der Waals surface area contributed by atoms with E-state index in [0.29, 0.717) is 18.9 Å². The van der Waals surface area contributed by atoms with Crippen molar-refractivity contribution in [2.45, 2.75) is 32.2 Å². The first-order chi connectivity index (χ1) is 10.3. The number of piperidine rings is 1. The summed E-state index contributed by atoms with van der Waals surface area (Å²) in [4.78, 5) is 16.7. The fourth-order valence-corrected chi connectivity index (χ4v) is 3.44. The van der Waals surface area contributed by atoms with Gasteiger partial charge in [0.2, 0.25) is 5.91 Å². The Balaban J connectivity index is 1.77. The largest absolute Gasteiger partial charge is 0.330 e. The summed E-state index contributed by atoms with van der Waals surface area (Å²) < 4.78 is 0. The minimum Gasteiger partial charge on any atom is -0.330 e. The predicted octanol–water partition coefficient (Wildman–Crippen LogP) is 1.98. The third kappa shape index (κ3) is 3.27. The Morgan fingerprint density at radius 2 is 1.90 bits per heavy atom. The van der Waals surface area contributed by atoms with Gasteiger partial charge in [-0.05, 0) is 50.0 Å². The molecule has 0 aliphatic carbocycles. The molecule has 0 bridgehead atoms. The van der Waals surface area contributed by atoms with Gasteiger partial charge >= 0.3 is 0 Å². The van der Waals surface area contributed by atoms with E-state index in [0.717, 1.165) is 18.8 Å². The molecule has 0 radical (unpaired) electrons. The third-order valence-electron chi connectivity index (χ3n) is 4.66. The maximum atomic E-state index is 12.2. The van der Waals surface area contributed by atoms with Crippen molar-refractivity contribution in [3.8, 4) is 0 Å². The van der Waals surface area contributed by atoms with Crippen molar-refractivity contribution in [2.75, 3.05) is 31.1 Å². The van der Waals surface area contributed by atoms with Gasteiger partial charge in [-0.15, -0.1) is 0 Å². The van der Waals surface area contributed by atoms with Crippen LogP contribution in [0.2, 0.25) is 0 Å². The van der Waals surface area contributed by atoms with Crippen LogP contribution in [-0.2, 0) is 11.3 Å². The van der Waals surface area contributed by atoms with E-state index in [1.165, 1.54) is 37.9 Å². The minimum atomic E-state index is 0.219. The molecule has 2 aliphatic rings. The van der Waals surface area contributed by atoms with Crippen LogP contribution < -0.4 is 10.6 Å². The van der Waals surface area contributed by atoms with Gasteiger partial charge in [0.1, 0.15) is 0 Å². The third-order valence-corrected chi connectivity index (χ3v) is 4.66. The van der Waals surface area contributed by atoms with Gasteiger partial charge in [-0.3, -0.25) is 9.69 Å². The highest BCUT2D eigenvalue weighted by molar-refractivity contribution is 5.96. The summed E-state index contributed by atoms with van der Waals surface area (Å²) in [6.07, 6.45) is 4.52. The summed E-state index contributed by atoms with van der Waals surface area (Å²) in [5.74, 6) is 0.525. The van der Waals surface area contributed by atoms with E-state index < -0.39 is 0 Å². The first-order valence-electron chi connectivity index (χ1n) is 8.08. The zero-order chi connectivity index (χ0) is 14.7. The summed E-state index contributed by atoms with van der Waals surface area (Å²) in [6, 6.07) is 8.34. The smallest absolute Gasteiger partial charge is 0.227 e. The Kier molecular flexibility index (Phi) is 4.56. The molecule has 0 spiro atoms. The van der Waals surface area contributed by atoms with E-state index in [4.69, 9.17) is 5.73 Å². The molecule has 1 unspecified atom stereocenters. The standard InChI is InChI=1S/C17H25N3O/c18-11-14-10-17(21)20(12-14)16-7-3-2-6-15(16)13-19-8-4-1-5-9-19/h2-3,6-7,14H,1,4-5,8-13,18H2. The Morgan fingerprint density at radius 3 is 2.62 bits per heavy atom. The maximum absolute atomic E-state index is 12.2. The van der Waals surface area contributed by atoms with Crippen LogP contribution in [0.15, 0.2) is 24.3 Å². The predicted molar refractivity (Wildman–Crippen MR) is 85.1 cm³/mol. The molecule has 0 aromatic heterocycles. The molecule has 2 aliphatic heterocycles. The number of para-hydroxylation sites is 1. The highest BCUT2D eigenvalue weighted by Crippen LogP contribution is 2.29. The quantitative estimate of drug-likeness (QED) is 0.921. The first kappa shape index (κ1) is 14.5. The molecule has 114 valence electrons. The summed E-state index contributed by atoms with van der Waals surface area (Å²) in [7, 11) is 0. The molecule has 1 aromatic carbocycles. The van der Waals surface area contributed by atoms with Gasteiger partial charge in [-0.25, -0.2) is 0 Å². The van der Waals surface area contributed by atoms with Crippen molar-refractivity contribution < 1.29 is 4.79 Å². The van der Waals surface area contributed by atoms with Crippen molar-refractivity contribution in [2.24, 2.45) is 11.7 Å². The van der Waals surface area contributed by atoms with Crippen molar-refractivity contribution in [3.63, 3.8) is 0 Å². The normalized spacial score (nSPS) is 23.8. The number of hydrogen-bond donors (Lipinski definition) is 1. The maximum Gasteiger partial charge on any atom is 0.227 e. The summed E-state index contributed by atoms with van der Waals surface area (Å²) in [5, 5.41) is 0. The SMILES string of the molecule is NCC1CC(=O)N(c2ccccc2CN2CCCCC2)C1. The number of anilines is 1. The molecular formula is C17H25N3O. The summed E-state index contributed by atoms with van der Waals surface area (Å²) >= 11 is 0. The second-order valence-electron chi connectivity index (χ2n) is 6.28. The van der Waals surface area contributed by atoms with E-state index in [1.54, 1.807) is 0 Å². The fourth-order valence-electron chi connectivity index (χ4n) is 3.44. The second kappa shape index (κ2) is 6.58. The summed E-state index contributed by atoms with van der Waals surface area (Å²) in [5.41, 5.74) is 8.09. The average molecular weight is 287 g/mol. The highest BCUT2D eigenvalue weighted by Gasteiger charge is 2.30. The van der Waals surface area contributed by atoms with E-state index in [-0.39, 0.29) is 5.91 Å². The lowest BCUT2D eigenvalue weighted by molar-refractivity contribution is -0.117. The molecular weight excluding hydrogens is 262 g/mol. The number of likely N-dealkylation sites (tertiary alicyclic amines) is 1. The molecule has 4 nitrogen and oxygen atoms in total. The lowest BCUT2D eigenvalue weighted by Crippen LogP contribution is -2.31. The van der Waals surface area contributed by atoms with Crippen molar-refractivity contribution in [1.82, 2.24) is 4.90 Å². The fraction of sp³-hybridized carbons (Fsp3) is 0.588. The summed E-state index contributed by atoms with van der Waals surface area (Å²) in [6.45, 7) is 4.66. The number of carbonyl (C=O) groups is 1. The number of rotatable bonds is 4. The lowest BCUT2D eigenvalue weighted by Gasteiger charge is -2.28. The number of nitrogens with two attached hydrogens (primary N) is 1. The molecule has 1 aromatic rings. The zero-order valence-electron chi connectivity index (χ0n) is 12.6. The zero-order valence-corrected chi connectivity index (χ0v) is 12.6. The van der Waals surface area contributed by atoms with Crippen LogP contribution in [0.1, 0.15) is 31.2 Å². The van der Waals surface area contributed by atoms with Gasteiger partial charge in [0.25, 0.3) is 0 Å². The minimum absolute atomic E-state index is 0.219. The van der Waals surface area contributed by atoms with Crippen molar-refractivity contribution in [3.05, 3.63) is 29.8 Å². The van der Waals surface area contributed by atoms with Gasteiger partial charge in [-0.2, -0.15) is 0 Å². The number of carbonyl (C=O) groups excluding carboxylic acids is 1. The van der Waals surface area contributed by atoms with Crippen LogP contribution in [0, 0.1) is 5.92 Å². The molecule has 2 N–H and O–H groups in total. The number of amides is 1. The number of benzene rings is 1. The molecule has 4 heteroatoms. The van der Waals surface area contributed by atoms with Gasteiger partial charge in [-0.1, -0.05) is 24.6 Å². The Bertz CT molecular complexity index is 497. The van der Waals surface area contributed by atoms with Crippen LogP contribution in [0.25, 0.3) is 0 Å². The van der Waals surface area contributed by atoms with Gasteiger partial charge < -0.3 is 10.6 Å². The van der Waals surface area contributed by atoms with Crippen LogP contribution in [-0.4, -0.2) is 37.0 Å². The molecule has 1 atom stereocenters. The average Bonchev–Trinajstić information content (AvgIpc) is 2.90. The highest BCUT2D eigenvalue weighted by atomic mass is 16.2. The number of hydrogen-bond acceptors (Lipinski definition) is 3. The van der Waals surface area contributed by atoms with Gasteiger partial charge in [0.05, 0.1) is 0 Å². The van der Waals surface area contributed by atoms with Crippen LogP contribution in [0.5, 0.6) is 0 Å². The van der Waals surface area contributed by atoms with E-state index in [2.05, 4.69) is 23.1 Å². The molecule has 2 fully saturated rings. The van der Waals surface area contributed by atoms with E-state index in [9.17, 15) is 4.79 Å². The van der Waals surface area contributed by atoms with Crippen molar-refractivity contribution in [1.29, 1.82) is 0 Å². The van der Waals surface area contributed by atoms with Crippen LogP contribution in [0.3, 0.4) is 0 Å².